The van der Waals surface area contributed by atoms with Crippen molar-refractivity contribution >= 4 is 18.1 Å². The highest BCUT2D eigenvalue weighted by molar-refractivity contribution is 5.97. The second kappa shape index (κ2) is 10.4. The van der Waals surface area contributed by atoms with Gasteiger partial charge in [-0.25, -0.2) is 0 Å². The molecule has 0 aliphatic carbocycles. The lowest BCUT2D eigenvalue weighted by atomic mass is 9.91. The van der Waals surface area contributed by atoms with Crippen LogP contribution in [0.15, 0.2) is 70.5 Å². The average molecular weight is 527 g/mol. The Balaban J connectivity index is 1.68. The molecule has 0 saturated heterocycles. The zero-order valence-electron chi connectivity index (χ0n) is 22.2. The van der Waals surface area contributed by atoms with Crippen LogP contribution in [0, 0.1) is 0 Å². The SMILES string of the molecule is CCNC(=O)C1=C(C)C=c2[nH]/c(=C\c3ccc(-c4ccc(O)cc4)[nH]3)c(=O)n2C1c1cc(OC)ccc1OC. The second-order valence-electron chi connectivity index (χ2n) is 9.23. The Morgan fingerprint density at radius 2 is 1.85 bits per heavy atom. The number of amides is 1. The molecular formula is C30H30N4O5. The molecule has 1 aliphatic heterocycles. The van der Waals surface area contributed by atoms with Gasteiger partial charge < -0.3 is 29.9 Å². The molecule has 39 heavy (non-hydrogen) atoms. The van der Waals surface area contributed by atoms with Crippen LogP contribution in [0.1, 0.15) is 31.1 Å². The number of fused-ring (bicyclic) bond motifs is 1. The summed E-state index contributed by atoms with van der Waals surface area (Å²) in [5, 5.41) is 12.8. The first kappa shape index (κ1) is 25.7. The zero-order valence-corrected chi connectivity index (χ0v) is 22.2. The number of benzene rings is 2. The number of allylic oxidation sites excluding steroid dienone is 1. The van der Waals surface area contributed by atoms with E-state index in [1.165, 1.54) is 0 Å². The van der Waals surface area contributed by atoms with Crippen molar-refractivity contribution in [3.63, 3.8) is 0 Å². The summed E-state index contributed by atoms with van der Waals surface area (Å²) in [7, 11) is 3.12. The lowest BCUT2D eigenvalue weighted by molar-refractivity contribution is -0.117. The van der Waals surface area contributed by atoms with Gasteiger partial charge in [-0.2, -0.15) is 0 Å². The van der Waals surface area contributed by atoms with Crippen LogP contribution < -0.4 is 31.2 Å². The van der Waals surface area contributed by atoms with Crippen LogP contribution >= 0.6 is 0 Å². The van der Waals surface area contributed by atoms with E-state index in [0.29, 0.717) is 40.0 Å². The highest BCUT2D eigenvalue weighted by Gasteiger charge is 2.33. The van der Waals surface area contributed by atoms with Gasteiger partial charge >= 0.3 is 0 Å². The van der Waals surface area contributed by atoms with Crippen molar-refractivity contribution in [3.8, 4) is 28.5 Å². The Bertz CT molecular complexity index is 1760. The molecule has 200 valence electrons. The molecule has 4 aromatic rings. The van der Waals surface area contributed by atoms with Crippen LogP contribution in [-0.2, 0) is 4.79 Å². The van der Waals surface area contributed by atoms with Crippen LogP contribution in [0.2, 0.25) is 0 Å². The maximum Gasteiger partial charge on any atom is 0.276 e. The summed E-state index contributed by atoms with van der Waals surface area (Å²) in [5.74, 6) is 1.05. The number of carbonyl (C=O) groups excluding carboxylic acids is 1. The van der Waals surface area contributed by atoms with Crippen molar-refractivity contribution in [1.29, 1.82) is 0 Å². The number of phenolic OH excluding ortho intramolecular Hbond substituents is 1. The molecule has 3 heterocycles. The van der Waals surface area contributed by atoms with Gasteiger partial charge in [-0.05, 0) is 91.7 Å². The molecule has 2 aromatic carbocycles. The molecule has 0 spiro atoms. The number of phenols is 1. The van der Waals surface area contributed by atoms with E-state index in [-0.39, 0.29) is 17.2 Å². The smallest absolute Gasteiger partial charge is 0.276 e. The maximum atomic E-state index is 13.9. The standard InChI is InChI=1S/C30H30N4O5/c1-5-31-29(36)27-17(2)14-26-33-24(15-19-8-12-23(32-19)18-6-9-20(35)10-7-18)30(37)34(26)28(27)22-16-21(38-3)11-13-25(22)39-4/h6-16,28,32-33,35H,5H2,1-4H3,(H,31,36)/b24-15-. The van der Waals surface area contributed by atoms with Gasteiger partial charge in [0.05, 0.1) is 20.3 Å². The summed E-state index contributed by atoms with van der Waals surface area (Å²) in [6.45, 7) is 4.16. The van der Waals surface area contributed by atoms with Crippen molar-refractivity contribution in [2.24, 2.45) is 0 Å². The van der Waals surface area contributed by atoms with E-state index in [4.69, 9.17) is 9.47 Å². The Morgan fingerprint density at radius 1 is 1.08 bits per heavy atom. The van der Waals surface area contributed by atoms with Gasteiger partial charge in [-0.1, -0.05) is 0 Å². The third-order valence-electron chi connectivity index (χ3n) is 6.78. The molecule has 1 unspecified atom stereocenters. The fourth-order valence-electron chi connectivity index (χ4n) is 4.95. The predicted molar refractivity (Wildman–Crippen MR) is 149 cm³/mol. The number of imidazole rings is 1. The molecule has 0 fully saturated rings. The van der Waals surface area contributed by atoms with Crippen LogP contribution in [0.3, 0.4) is 0 Å². The lowest BCUT2D eigenvalue weighted by Gasteiger charge is -2.27. The fourth-order valence-corrected chi connectivity index (χ4v) is 4.95. The van der Waals surface area contributed by atoms with E-state index in [9.17, 15) is 14.7 Å². The van der Waals surface area contributed by atoms with E-state index < -0.39 is 6.04 Å². The summed E-state index contributed by atoms with van der Waals surface area (Å²) in [5.41, 5.74) is 4.57. The topological polar surface area (TPSA) is 121 Å². The number of methoxy groups -OCH3 is 2. The van der Waals surface area contributed by atoms with Crippen molar-refractivity contribution in [3.05, 3.63) is 98.2 Å². The molecule has 1 atom stereocenters. The summed E-state index contributed by atoms with van der Waals surface area (Å²) in [4.78, 5) is 33.8. The molecule has 5 rings (SSSR count). The molecule has 1 aliphatic rings. The molecule has 0 saturated carbocycles. The van der Waals surface area contributed by atoms with Crippen LogP contribution in [0.25, 0.3) is 23.4 Å². The highest BCUT2D eigenvalue weighted by Crippen LogP contribution is 2.37. The van der Waals surface area contributed by atoms with Crippen LogP contribution in [0.5, 0.6) is 17.2 Å². The third-order valence-corrected chi connectivity index (χ3v) is 6.78. The number of hydrogen-bond donors (Lipinski definition) is 4. The Morgan fingerprint density at radius 3 is 2.54 bits per heavy atom. The number of ether oxygens (including phenoxy) is 2. The van der Waals surface area contributed by atoms with E-state index in [0.717, 1.165) is 22.5 Å². The summed E-state index contributed by atoms with van der Waals surface area (Å²) in [6, 6.07) is 15.2. The predicted octanol–water partition coefficient (Wildman–Crippen LogP) is 2.56. The molecule has 0 radical (unpaired) electrons. The van der Waals surface area contributed by atoms with Crippen molar-refractivity contribution in [1.82, 2.24) is 19.9 Å². The molecule has 1 amide bonds. The minimum absolute atomic E-state index is 0.191. The number of rotatable bonds is 7. The number of H-pyrrole nitrogens is 2. The monoisotopic (exact) mass is 526 g/mol. The minimum Gasteiger partial charge on any atom is -0.508 e. The first-order chi connectivity index (χ1) is 18.8. The fraction of sp³-hybridized carbons (Fsp3) is 0.200. The zero-order chi connectivity index (χ0) is 27.7. The normalized spacial score (nSPS) is 15.1. The molecular weight excluding hydrogens is 496 g/mol. The number of aromatic amines is 2. The number of hydrogen-bond acceptors (Lipinski definition) is 5. The van der Waals surface area contributed by atoms with Gasteiger partial charge in [0.25, 0.3) is 5.56 Å². The van der Waals surface area contributed by atoms with Gasteiger partial charge in [-0.3, -0.25) is 14.2 Å². The Labute approximate surface area is 224 Å². The van der Waals surface area contributed by atoms with Gasteiger partial charge in [0.15, 0.2) is 0 Å². The van der Waals surface area contributed by atoms with E-state index in [2.05, 4.69) is 15.3 Å². The molecule has 9 heteroatoms. The maximum absolute atomic E-state index is 13.9. The van der Waals surface area contributed by atoms with Crippen LogP contribution in [0.4, 0.5) is 0 Å². The number of nitrogens with one attached hydrogen (secondary N) is 3. The van der Waals surface area contributed by atoms with E-state index in [1.54, 1.807) is 55.2 Å². The van der Waals surface area contributed by atoms with Crippen molar-refractivity contribution < 1.29 is 19.4 Å². The summed E-state index contributed by atoms with van der Waals surface area (Å²) >= 11 is 0. The quantitative estimate of drug-likeness (QED) is 0.295. The van der Waals surface area contributed by atoms with Gasteiger partial charge in [0.2, 0.25) is 5.91 Å². The number of likely N-dealkylation sites (N-methyl/N-ethyl adjacent to an activating group) is 1. The number of aromatic hydroxyl groups is 1. The highest BCUT2D eigenvalue weighted by atomic mass is 16.5. The van der Waals surface area contributed by atoms with Gasteiger partial charge in [-0.15, -0.1) is 0 Å². The van der Waals surface area contributed by atoms with Gasteiger partial charge in [0, 0.05) is 29.1 Å². The third kappa shape index (κ3) is 4.74. The lowest BCUT2D eigenvalue weighted by Crippen LogP contribution is -2.41. The van der Waals surface area contributed by atoms with Crippen molar-refractivity contribution in [2.45, 2.75) is 19.9 Å². The Kier molecular flexibility index (Phi) is 6.89. The average Bonchev–Trinajstić information content (AvgIpc) is 3.52. The number of carbonyl (C=O) groups is 1. The first-order valence-corrected chi connectivity index (χ1v) is 12.6. The summed E-state index contributed by atoms with van der Waals surface area (Å²) < 4.78 is 12.7. The molecule has 0 bridgehead atoms. The van der Waals surface area contributed by atoms with E-state index >= 15 is 0 Å². The number of nitrogens with zero attached hydrogens (tertiary/aromatic N) is 1. The van der Waals surface area contributed by atoms with Gasteiger partial charge in [0.1, 0.15) is 28.1 Å². The Hall–Kier alpha value is -4.92. The second-order valence-corrected chi connectivity index (χ2v) is 9.23. The first-order valence-electron chi connectivity index (χ1n) is 12.6. The largest absolute Gasteiger partial charge is 0.508 e. The summed E-state index contributed by atoms with van der Waals surface area (Å²) in [6.07, 6.45) is 3.55. The minimum atomic E-state index is -0.747. The number of aromatic nitrogens is 3. The molecule has 4 N–H and O–H groups in total. The van der Waals surface area contributed by atoms with Crippen LogP contribution in [-0.4, -0.2) is 46.3 Å². The molecule has 2 aromatic heterocycles. The molecule has 9 nitrogen and oxygen atoms in total. The van der Waals surface area contributed by atoms with E-state index in [1.807, 2.05) is 44.2 Å². The van der Waals surface area contributed by atoms with Crippen molar-refractivity contribution in [2.75, 3.05) is 20.8 Å².